The normalized spacial score (nSPS) is 17.3. The molecule has 1 fully saturated rings. The van der Waals surface area contributed by atoms with Crippen LogP contribution in [-0.2, 0) is 11.3 Å². The second-order valence-corrected chi connectivity index (χ2v) is 7.02. The summed E-state index contributed by atoms with van der Waals surface area (Å²) in [5, 5.41) is 28.5. The van der Waals surface area contributed by atoms with E-state index in [4.69, 9.17) is 14.7 Å². The summed E-state index contributed by atoms with van der Waals surface area (Å²) in [6, 6.07) is 12.6. The zero-order chi connectivity index (χ0) is 22.0. The monoisotopic (exact) mass is 419 g/mol. The van der Waals surface area contributed by atoms with Gasteiger partial charge in [-0.25, -0.2) is 4.39 Å². The van der Waals surface area contributed by atoms with Gasteiger partial charge in [0.25, 0.3) is 0 Å². The molecule has 2 aromatic rings. The molecule has 156 valence electrons. The summed E-state index contributed by atoms with van der Waals surface area (Å²) in [6.07, 6.45) is 0.778. The molecule has 9 heteroatoms. The van der Waals surface area contributed by atoms with E-state index < -0.39 is 12.2 Å². The Kier molecular flexibility index (Phi) is 5.44. The predicted molar refractivity (Wildman–Crippen MR) is 108 cm³/mol. The van der Waals surface area contributed by atoms with Crippen LogP contribution in [0.25, 0.3) is 0 Å². The Morgan fingerprint density at radius 1 is 1.16 bits per heavy atom. The van der Waals surface area contributed by atoms with Gasteiger partial charge in [0.1, 0.15) is 41.9 Å². The number of halogens is 1. The van der Waals surface area contributed by atoms with Gasteiger partial charge < -0.3 is 24.4 Å². The summed E-state index contributed by atoms with van der Waals surface area (Å²) in [4.78, 5) is 7.92. The molecule has 1 N–H and O–H groups in total. The Balaban J connectivity index is 1.46. The quantitative estimate of drug-likeness (QED) is 0.812. The van der Waals surface area contributed by atoms with Gasteiger partial charge in [-0.3, -0.25) is 0 Å². The van der Waals surface area contributed by atoms with Crippen molar-refractivity contribution in [2.75, 3.05) is 20.1 Å². The Morgan fingerprint density at radius 3 is 2.71 bits per heavy atom. The number of aliphatic hydroxyl groups is 1. The van der Waals surface area contributed by atoms with Crippen LogP contribution in [0.2, 0.25) is 0 Å². The predicted octanol–water partition coefficient (Wildman–Crippen LogP) is 2.65. The molecule has 1 unspecified atom stereocenters. The largest absolute Gasteiger partial charge is 0.473 e. The Labute approximate surface area is 178 Å². The lowest BCUT2D eigenvalue weighted by Gasteiger charge is -2.28. The number of aliphatic hydroxyl groups excluding tert-OH is 1. The van der Waals surface area contributed by atoms with E-state index in [0.29, 0.717) is 18.0 Å². The van der Waals surface area contributed by atoms with E-state index in [9.17, 15) is 14.8 Å². The highest BCUT2D eigenvalue weighted by Gasteiger charge is 2.31. The van der Waals surface area contributed by atoms with Crippen LogP contribution in [-0.4, -0.2) is 47.3 Å². The number of aliphatic imine (C=N–C) groups is 1. The molecule has 2 heterocycles. The number of fused-ring (bicyclic) bond motifs is 1. The van der Waals surface area contributed by atoms with Gasteiger partial charge >= 0.3 is 0 Å². The second kappa shape index (κ2) is 8.34. The summed E-state index contributed by atoms with van der Waals surface area (Å²) in [6.45, 7) is 1.62. The first-order valence-electron chi connectivity index (χ1n) is 9.47. The van der Waals surface area contributed by atoms with Crippen molar-refractivity contribution < 1.29 is 19.0 Å². The molecule has 0 bridgehead atoms. The third-order valence-electron chi connectivity index (χ3n) is 4.98. The van der Waals surface area contributed by atoms with Crippen molar-refractivity contribution in [3.05, 3.63) is 70.8 Å². The summed E-state index contributed by atoms with van der Waals surface area (Å²) >= 11 is 0. The minimum atomic E-state index is -0.988. The van der Waals surface area contributed by atoms with Crippen LogP contribution in [0.5, 0.6) is 11.5 Å². The summed E-state index contributed by atoms with van der Waals surface area (Å²) in [7, 11) is 1.93. The fourth-order valence-corrected chi connectivity index (χ4v) is 3.32. The van der Waals surface area contributed by atoms with E-state index in [1.54, 1.807) is 35.2 Å². The van der Waals surface area contributed by atoms with Crippen LogP contribution >= 0.6 is 0 Å². The van der Waals surface area contributed by atoms with Crippen molar-refractivity contribution in [3.63, 3.8) is 0 Å². The third-order valence-corrected chi connectivity index (χ3v) is 4.98. The molecule has 2 aromatic carbocycles. The zero-order valence-corrected chi connectivity index (χ0v) is 16.6. The molecular formula is C22H18FN5O3. The SMILES string of the molecule is CN1CCN2C1=CC(OCc1ccc(Oc3ccc(C#N)c(F)c3)c(C#N)c1)=NC2O. The van der Waals surface area contributed by atoms with Crippen LogP contribution in [0.4, 0.5) is 4.39 Å². The summed E-state index contributed by atoms with van der Waals surface area (Å²) in [5.74, 6) is 0.887. The number of benzene rings is 2. The first-order chi connectivity index (χ1) is 15.0. The van der Waals surface area contributed by atoms with E-state index in [2.05, 4.69) is 11.1 Å². The van der Waals surface area contributed by atoms with Gasteiger partial charge in [-0.15, -0.1) is 0 Å². The number of nitrogens with zero attached hydrogens (tertiary/aromatic N) is 5. The average molecular weight is 419 g/mol. The molecule has 0 radical (unpaired) electrons. The molecule has 2 aliphatic heterocycles. The van der Waals surface area contributed by atoms with Crippen LogP contribution < -0.4 is 4.74 Å². The molecule has 8 nitrogen and oxygen atoms in total. The number of hydrogen-bond donors (Lipinski definition) is 1. The lowest BCUT2D eigenvalue weighted by atomic mass is 10.1. The van der Waals surface area contributed by atoms with Crippen molar-refractivity contribution in [2.24, 2.45) is 4.99 Å². The van der Waals surface area contributed by atoms with Crippen molar-refractivity contribution in [2.45, 2.75) is 13.0 Å². The van der Waals surface area contributed by atoms with Crippen LogP contribution in [0.15, 0.2) is 53.3 Å². The maximum Gasteiger partial charge on any atom is 0.230 e. The smallest absolute Gasteiger partial charge is 0.230 e. The minimum absolute atomic E-state index is 0.0852. The number of rotatable bonds is 4. The van der Waals surface area contributed by atoms with Crippen LogP contribution in [0, 0.1) is 28.5 Å². The van der Waals surface area contributed by atoms with Crippen LogP contribution in [0.3, 0.4) is 0 Å². The molecule has 1 saturated heterocycles. The molecule has 1 atom stereocenters. The molecule has 4 rings (SSSR count). The molecule has 0 aromatic heterocycles. The van der Waals surface area contributed by atoms with Crippen molar-refractivity contribution in [1.82, 2.24) is 9.80 Å². The fourth-order valence-electron chi connectivity index (χ4n) is 3.32. The molecule has 0 saturated carbocycles. The van der Waals surface area contributed by atoms with Gasteiger partial charge in [0, 0.05) is 32.3 Å². The highest BCUT2D eigenvalue weighted by molar-refractivity contribution is 5.89. The molecule has 0 spiro atoms. The average Bonchev–Trinajstić information content (AvgIpc) is 3.14. The van der Waals surface area contributed by atoms with E-state index >= 15 is 0 Å². The summed E-state index contributed by atoms with van der Waals surface area (Å²) < 4.78 is 25.1. The number of likely N-dealkylation sites (N-methyl/N-ethyl adjacent to an activating group) is 1. The number of hydrogen-bond acceptors (Lipinski definition) is 8. The van der Waals surface area contributed by atoms with Crippen molar-refractivity contribution in [1.29, 1.82) is 10.5 Å². The van der Waals surface area contributed by atoms with Gasteiger partial charge in [-0.05, 0) is 29.8 Å². The van der Waals surface area contributed by atoms with E-state index in [1.165, 1.54) is 12.1 Å². The van der Waals surface area contributed by atoms with Gasteiger partial charge in [-0.2, -0.15) is 15.5 Å². The van der Waals surface area contributed by atoms with Crippen molar-refractivity contribution >= 4 is 5.90 Å². The Morgan fingerprint density at radius 2 is 1.97 bits per heavy atom. The van der Waals surface area contributed by atoms with E-state index in [1.807, 2.05) is 11.9 Å². The second-order valence-electron chi connectivity index (χ2n) is 7.02. The van der Waals surface area contributed by atoms with E-state index in [-0.39, 0.29) is 29.2 Å². The third kappa shape index (κ3) is 4.13. The van der Waals surface area contributed by atoms with Gasteiger partial charge in [-0.1, -0.05) is 6.07 Å². The van der Waals surface area contributed by atoms with E-state index in [0.717, 1.165) is 18.4 Å². The lowest BCUT2D eigenvalue weighted by Crippen LogP contribution is -2.35. The first kappa shape index (κ1) is 20.2. The summed E-state index contributed by atoms with van der Waals surface area (Å²) in [5.41, 5.74) is 0.863. The van der Waals surface area contributed by atoms with Gasteiger partial charge in [0.15, 0.2) is 0 Å². The highest BCUT2D eigenvalue weighted by Crippen LogP contribution is 2.28. The first-order valence-corrected chi connectivity index (χ1v) is 9.47. The Hall–Kier alpha value is -4.08. The maximum absolute atomic E-state index is 13.8. The maximum atomic E-state index is 13.8. The molecule has 2 aliphatic rings. The van der Waals surface area contributed by atoms with Crippen molar-refractivity contribution in [3.8, 4) is 23.6 Å². The molecular weight excluding hydrogens is 401 g/mol. The Bertz CT molecular complexity index is 1160. The molecule has 0 aliphatic carbocycles. The molecule has 0 amide bonds. The number of nitriles is 2. The lowest BCUT2D eigenvalue weighted by molar-refractivity contribution is 0.0382. The number of ether oxygens (including phenoxy) is 2. The van der Waals surface area contributed by atoms with Gasteiger partial charge in [0.05, 0.1) is 11.1 Å². The fraction of sp³-hybridized carbons (Fsp3) is 0.227. The minimum Gasteiger partial charge on any atom is -0.473 e. The molecule has 31 heavy (non-hydrogen) atoms. The topological polar surface area (TPSA) is 105 Å². The van der Waals surface area contributed by atoms with Gasteiger partial charge in [0.2, 0.25) is 12.2 Å². The van der Waals surface area contributed by atoms with Crippen LogP contribution in [0.1, 0.15) is 16.7 Å². The highest BCUT2D eigenvalue weighted by atomic mass is 19.1. The standard InChI is InChI=1S/C22H18FN5O3/c1-27-6-7-28-21(27)10-20(26-22(28)29)30-13-14-2-5-19(16(8-14)12-25)31-17-4-3-15(11-24)18(23)9-17/h2-5,8-10,22,29H,6-7,13H2,1H3. The zero-order valence-electron chi connectivity index (χ0n) is 16.6.